The molecule has 1 heterocycles. The number of carbonyl (C=O) groups excluding carboxylic acids is 1. The molecule has 0 spiro atoms. The number of hydrogen-bond acceptors (Lipinski definition) is 2. The summed E-state index contributed by atoms with van der Waals surface area (Å²) in [6.45, 7) is 0.163. The first-order valence-corrected chi connectivity index (χ1v) is 6.72. The Bertz CT molecular complexity index is 666. The van der Waals surface area contributed by atoms with Crippen molar-refractivity contribution in [1.29, 1.82) is 0 Å². The number of nitrogens with zero attached hydrogens (tertiary/aromatic N) is 2. The molecule has 1 N–H and O–H groups in total. The molecule has 0 radical (unpaired) electrons. The first-order chi connectivity index (χ1) is 9.97. The second kappa shape index (κ2) is 6.45. The van der Waals surface area contributed by atoms with Crippen LogP contribution in [-0.2, 0) is 17.9 Å². The number of hydrogen-bond donors (Lipinski definition) is 1. The molecule has 0 unspecified atom stereocenters. The number of halogens is 1. The zero-order chi connectivity index (χ0) is 15.4. The average Bonchev–Trinajstić information content (AvgIpc) is 2.85. The van der Waals surface area contributed by atoms with Crippen LogP contribution in [0.15, 0.2) is 42.6 Å². The number of amides is 1. The van der Waals surface area contributed by atoms with E-state index in [1.807, 2.05) is 12.1 Å². The molecule has 110 valence electrons. The Balaban J connectivity index is 2.12. The number of rotatable bonds is 5. The van der Waals surface area contributed by atoms with Gasteiger partial charge in [0.1, 0.15) is 12.2 Å². The van der Waals surface area contributed by atoms with Gasteiger partial charge in [-0.2, -0.15) is 0 Å². The van der Waals surface area contributed by atoms with Gasteiger partial charge in [-0.1, -0.05) is 23.7 Å². The highest BCUT2D eigenvalue weighted by atomic mass is 35.5. The number of carboxylic acids is 1. The number of aliphatic carboxylic acids is 1. The standard InChI is InChI=1S/C15H15ClN2O3/c1-17(9-11-4-2-5-12(16)8-11)15(21)13-6-3-7-18(13)10-14(19)20/h2-8H,9-10H2,1H3,(H,19,20). The molecule has 0 fully saturated rings. The first kappa shape index (κ1) is 15.1. The molecule has 21 heavy (non-hydrogen) atoms. The van der Waals surface area contributed by atoms with Crippen LogP contribution in [0.4, 0.5) is 0 Å². The Morgan fingerprint density at radius 3 is 2.71 bits per heavy atom. The van der Waals surface area contributed by atoms with Crippen LogP contribution in [0.5, 0.6) is 0 Å². The summed E-state index contributed by atoms with van der Waals surface area (Å²) in [5.74, 6) is -1.22. The van der Waals surface area contributed by atoms with Gasteiger partial charge in [0.2, 0.25) is 0 Å². The Morgan fingerprint density at radius 2 is 2.05 bits per heavy atom. The maximum absolute atomic E-state index is 12.4. The molecular weight excluding hydrogens is 292 g/mol. The van der Waals surface area contributed by atoms with Crippen LogP contribution in [0.1, 0.15) is 16.1 Å². The molecule has 0 aliphatic rings. The van der Waals surface area contributed by atoms with Crippen molar-refractivity contribution in [3.05, 3.63) is 58.9 Å². The minimum absolute atomic E-state index is 0.235. The first-order valence-electron chi connectivity index (χ1n) is 6.34. The van der Waals surface area contributed by atoms with Gasteiger partial charge in [0, 0.05) is 24.8 Å². The van der Waals surface area contributed by atoms with E-state index < -0.39 is 5.97 Å². The third kappa shape index (κ3) is 3.86. The molecule has 1 aromatic carbocycles. The Kier molecular flexibility index (Phi) is 4.65. The third-order valence-electron chi connectivity index (χ3n) is 3.01. The van der Waals surface area contributed by atoms with Crippen LogP contribution in [0, 0.1) is 0 Å². The molecule has 0 aliphatic heterocycles. The summed E-state index contributed by atoms with van der Waals surface area (Å²) in [5, 5.41) is 9.45. The minimum atomic E-state index is -0.988. The predicted molar refractivity (Wildman–Crippen MR) is 79.3 cm³/mol. The Morgan fingerprint density at radius 1 is 1.29 bits per heavy atom. The second-order valence-corrected chi connectivity index (χ2v) is 5.14. The lowest BCUT2D eigenvalue weighted by molar-refractivity contribution is -0.137. The van der Waals surface area contributed by atoms with Gasteiger partial charge in [0.05, 0.1) is 0 Å². The van der Waals surface area contributed by atoms with E-state index in [2.05, 4.69) is 0 Å². The molecule has 0 aliphatic carbocycles. The quantitative estimate of drug-likeness (QED) is 0.923. The van der Waals surface area contributed by atoms with Gasteiger partial charge in [-0.05, 0) is 29.8 Å². The van der Waals surface area contributed by atoms with E-state index in [9.17, 15) is 9.59 Å². The number of benzene rings is 1. The minimum Gasteiger partial charge on any atom is -0.480 e. The fraction of sp³-hybridized carbons (Fsp3) is 0.200. The van der Waals surface area contributed by atoms with Gasteiger partial charge in [-0.3, -0.25) is 9.59 Å². The maximum atomic E-state index is 12.4. The van der Waals surface area contributed by atoms with Gasteiger partial charge in [-0.25, -0.2) is 0 Å². The molecule has 6 heteroatoms. The van der Waals surface area contributed by atoms with Crippen molar-refractivity contribution in [3.63, 3.8) is 0 Å². The van der Waals surface area contributed by atoms with Crippen LogP contribution in [-0.4, -0.2) is 33.5 Å². The highest BCUT2D eigenvalue weighted by Gasteiger charge is 2.17. The molecule has 2 aromatic rings. The van der Waals surface area contributed by atoms with Crippen molar-refractivity contribution in [3.8, 4) is 0 Å². The average molecular weight is 307 g/mol. The van der Waals surface area contributed by atoms with Gasteiger partial charge < -0.3 is 14.6 Å². The molecule has 0 saturated carbocycles. The molecule has 0 saturated heterocycles. The van der Waals surface area contributed by atoms with E-state index in [-0.39, 0.29) is 12.5 Å². The zero-order valence-corrected chi connectivity index (χ0v) is 12.2. The highest BCUT2D eigenvalue weighted by Crippen LogP contribution is 2.14. The van der Waals surface area contributed by atoms with Crippen LogP contribution in [0.2, 0.25) is 5.02 Å². The Hall–Kier alpha value is -2.27. The lowest BCUT2D eigenvalue weighted by atomic mass is 10.2. The van der Waals surface area contributed by atoms with Crippen molar-refractivity contribution in [2.45, 2.75) is 13.1 Å². The largest absolute Gasteiger partial charge is 0.480 e. The van der Waals surface area contributed by atoms with Crippen molar-refractivity contribution < 1.29 is 14.7 Å². The van der Waals surface area contributed by atoms with E-state index in [0.29, 0.717) is 17.3 Å². The summed E-state index contributed by atoms with van der Waals surface area (Å²) in [6, 6.07) is 10.5. The van der Waals surface area contributed by atoms with Gasteiger partial charge in [-0.15, -0.1) is 0 Å². The molecule has 1 aromatic heterocycles. The van der Waals surface area contributed by atoms with Crippen LogP contribution >= 0.6 is 11.6 Å². The van der Waals surface area contributed by atoms with E-state index >= 15 is 0 Å². The summed E-state index contributed by atoms with van der Waals surface area (Å²) in [7, 11) is 1.67. The Labute approximate surface area is 127 Å². The molecule has 0 atom stereocenters. The lowest BCUT2D eigenvalue weighted by Gasteiger charge is -2.18. The smallest absolute Gasteiger partial charge is 0.323 e. The van der Waals surface area contributed by atoms with Gasteiger partial charge in [0.15, 0.2) is 0 Å². The molecular formula is C15H15ClN2O3. The molecule has 1 amide bonds. The van der Waals surface area contributed by atoms with Crippen molar-refractivity contribution in [1.82, 2.24) is 9.47 Å². The van der Waals surface area contributed by atoms with Crippen LogP contribution in [0.25, 0.3) is 0 Å². The summed E-state index contributed by atoms with van der Waals surface area (Å²) in [6.07, 6.45) is 1.58. The molecule has 5 nitrogen and oxygen atoms in total. The molecule has 2 rings (SSSR count). The summed E-state index contributed by atoms with van der Waals surface area (Å²) >= 11 is 5.92. The van der Waals surface area contributed by atoms with E-state index in [1.54, 1.807) is 37.5 Å². The SMILES string of the molecule is CN(Cc1cccc(Cl)c1)C(=O)c1cccn1CC(=O)O. The zero-order valence-electron chi connectivity index (χ0n) is 11.5. The predicted octanol–water partition coefficient (Wildman–Crippen LogP) is 2.50. The van der Waals surface area contributed by atoms with E-state index in [4.69, 9.17) is 16.7 Å². The maximum Gasteiger partial charge on any atom is 0.323 e. The van der Waals surface area contributed by atoms with Crippen LogP contribution < -0.4 is 0 Å². The van der Waals surface area contributed by atoms with E-state index in [0.717, 1.165) is 5.56 Å². The second-order valence-electron chi connectivity index (χ2n) is 4.71. The lowest BCUT2D eigenvalue weighted by Crippen LogP contribution is -2.29. The van der Waals surface area contributed by atoms with Crippen molar-refractivity contribution in [2.24, 2.45) is 0 Å². The summed E-state index contributed by atoms with van der Waals surface area (Å²) < 4.78 is 1.42. The van der Waals surface area contributed by atoms with Crippen LogP contribution in [0.3, 0.4) is 0 Å². The third-order valence-corrected chi connectivity index (χ3v) is 3.24. The number of carbonyl (C=O) groups is 2. The topological polar surface area (TPSA) is 62.5 Å². The van der Waals surface area contributed by atoms with Crippen molar-refractivity contribution >= 4 is 23.5 Å². The molecule has 0 bridgehead atoms. The monoisotopic (exact) mass is 306 g/mol. The summed E-state index contributed by atoms with van der Waals surface area (Å²) in [5.41, 5.74) is 1.26. The van der Waals surface area contributed by atoms with Crippen molar-refractivity contribution in [2.75, 3.05) is 7.05 Å². The fourth-order valence-electron chi connectivity index (χ4n) is 2.07. The summed E-state index contributed by atoms with van der Waals surface area (Å²) in [4.78, 5) is 24.7. The number of aromatic nitrogens is 1. The normalized spacial score (nSPS) is 10.4. The van der Waals surface area contributed by atoms with Gasteiger partial charge in [0.25, 0.3) is 5.91 Å². The number of carboxylic acid groups (broad SMARTS) is 1. The van der Waals surface area contributed by atoms with Gasteiger partial charge >= 0.3 is 5.97 Å². The highest BCUT2D eigenvalue weighted by molar-refractivity contribution is 6.30. The fourth-order valence-corrected chi connectivity index (χ4v) is 2.28. The van der Waals surface area contributed by atoms with E-state index in [1.165, 1.54) is 9.47 Å².